The molecule has 1 saturated heterocycles. The Morgan fingerprint density at radius 2 is 1.51 bits per heavy atom. The van der Waals surface area contributed by atoms with Gasteiger partial charge in [-0.1, -0.05) is 98.6 Å². The van der Waals surface area contributed by atoms with Gasteiger partial charge in [0.1, 0.15) is 0 Å². The Hall–Kier alpha value is -2.73. The lowest BCUT2D eigenvalue weighted by Crippen LogP contribution is -2.28. The second kappa shape index (κ2) is 13.7. The number of carbonyl (C=O) groups excluding carboxylic acids is 1. The van der Waals surface area contributed by atoms with E-state index in [0.717, 1.165) is 29.8 Å². The van der Waals surface area contributed by atoms with Gasteiger partial charge < -0.3 is 4.74 Å². The molecule has 1 aliphatic rings. The number of amidine groups is 1. The molecule has 4 nitrogen and oxygen atoms in total. The molecule has 1 fully saturated rings. The molecule has 3 aromatic rings. The summed E-state index contributed by atoms with van der Waals surface area (Å²) >= 11 is 14.4. The molecule has 3 aromatic carbocycles. The lowest BCUT2D eigenvalue weighted by molar-refractivity contribution is -0.113. The third-order valence-corrected chi connectivity index (χ3v) is 7.39. The van der Waals surface area contributed by atoms with Crippen molar-refractivity contribution in [2.45, 2.75) is 45.4 Å². The molecular formula is C30H30Cl2N2O2S. The number of para-hydroxylation sites is 2. The zero-order valence-corrected chi connectivity index (χ0v) is 23.2. The van der Waals surface area contributed by atoms with Crippen LogP contribution in [0.15, 0.2) is 82.7 Å². The number of anilines is 1. The van der Waals surface area contributed by atoms with Crippen LogP contribution in [0.1, 0.15) is 51.0 Å². The number of aliphatic imine (C=N–C) groups is 1. The minimum Gasteiger partial charge on any atom is -0.490 e. The van der Waals surface area contributed by atoms with Crippen LogP contribution in [0.2, 0.25) is 10.0 Å². The SMILES string of the molecule is CCCCCCCCOc1c(Cl)cc(/C=C2/SC(=Nc3ccccc3)N(c3ccccc3)C2=O)cc1Cl. The van der Waals surface area contributed by atoms with Crippen LogP contribution in [0.3, 0.4) is 0 Å². The Balaban J connectivity index is 1.52. The van der Waals surface area contributed by atoms with Gasteiger partial charge in [-0.3, -0.25) is 9.69 Å². The number of rotatable bonds is 11. The molecular weight excluding hydrogens is 523 g/mol. The molecule has 0 N–H and O–H groups in total. The molecule has 0 bridgehead atoms. The largest absolute Gasteiger partial charge is 0.490 e. The summed E-state index contributed by atoms with van der Waals surface area (Å²) in [5, 5.41) is 1.45. The van der Waals surface area contributed by atoms with Crippen LogP contribution >= 0.6 is 35.0 Å². The lowest BCUT2D eigenvalue weighted by atomic mass is 10.1. The zero-order chi connectivity index (χ0) is 26.0. The average Bonchev–Trinajstić information content (AvgIpc) is 3.20. The summed E-state index contributed by atoms with van der Waals surface area (Å²) in [5.74, 6) is 0.336. The topological polar surface area (TPSA) is 41.9 Å². The highest BCUT2D eigenvalue weighted by Gasteiger charge is 2.34. The van der Waals surface area contributed by atoms with Crippen LogP contribution in [0, 0.1) is 0 Å². The van der Waals surface area contributed by atoms with E-state index in [1.165, 1.54) is 37.4 Å². The summed E-state index contributed by atoms with van der Waals surface area (Å²) in [6.07, 6.45) is 8.88. The minimum absolute atomic E-state index is 0.151. The van der Waals surface area contributed by atoms with Gasteiger partial charge in [0.05, 0.1) is 32.9 Å². The molecule has 0 spiro atoms. The van der Waals surface area contributed by atoms with E-state index in [1.807, 2.05) is 60.7 Å². The summed E-state index contributed by atoms with van der Waals surface area (Å²) in [7, 11) is 0. The summed E-state index contributed by atoms with van der Waals surface area (Å²) in [6, 6.07) is 22.7. The normalized spacial score (nSPS) is 15.6. The first kappa shape index (κ1) is 27.3. The van der Waals surface area contributed by atoms with Gasteiger partial charge in [0.2, 0.25) is 0 Å². The first-order chi connectivity index (χ1) is 18.1. The maximum Gasteiger partial charge on any atom is 0.271 e. The fraction of sp³-hybridized carbons (Fsp3) is 0.267. The van der Waals surface area contributed by atoms with E-state index in [-0.39, 0.29) is 5.91 Å². The Labute approximate surface area is 233 Å². The zero-order valence-electron chi connectivity index (χ0n) is 20.8. The predicted molar refractivity (Wildman–Crippen MR) is 158 cm³/mol. The quantitative estimate of drug-likeness (QED) is 0.175. The highest BCUT2D eigenvalue weighted by molar-refractivity contribution is 8.19. The van der Waals surface area contributed by atoms with Gasteiger partial charge in [0.25, 0.3) is 5.91 Å². The van der Waals surface area contributed by atoms with E-state index >= 15 is 0 Å². The average molecular weight is 554 g/mol. The molecule has 37 heavy (non-hydrogen) atoms. The van der Waals surface area contributed by atoms with E-state index in [2.05, 4.69) is 6.92 Å². The number of halogens is 2. The summed E-state index contributed by atoms with van der Waals surface area (Å²) in [4.78, 5) is 20.4. The van der Waals surface area contributed by atoms with Crippen molar-refractivity contribution >= 4 is 63.5 Å². The maximum atomic E-state index is 13.5. The fourth-order valence-electron chi connectivity index (χ4n) is 3.98. The summed E-state index contributed by atoms with van der Waals surface area (Å²) in [5.41, 5.74) is 2.26. The van der Waals surface area contributed by atoms with E-state index in [1.54, 1.807) is 23.1 Å². The molecule has 1 heterocycles. The lowest BCUT2D eigenvalue weighted by Gasteiger charge is -2.15. The van der Waals surface area contributed by atoms with Crippen molar-refractivity contribution < 1.29 is 9.53 Å². The highest BCUT2D eigenvalue weighted by Crippen LogP contribution is 2.39. The molecule has 192 valence electrons. The van der Waals surface area contributed by atoms with Crippen LogP contribution in [0.5, 0.6) is 5.75 Å². The Morgan fingerprint density at radius 1 is 0.892 bits per heavy atom. The molecule has 0 atom stereocenters. The number of carbonyl (C=O) groups is 1. The van der Waals surface area contributed by atoms with Crippen molar-refractivity contribution in [3.8, 4) is 5.75 Å². The standard InChI is InChI=1S/C30H30Cl2N2O2S/c1-2-3-4-5-6-13-18-36-28-25(31)19-22(20-26(28)32)21-27-29(35)34(24-16-11-8-12-17-24)30(37-27)33-23-14-9-7-10-15-23/h7-12,14-17,19-21H,2-6,13,18H2,1H3/b27-21+,33-30?. The van der Waals surface area contributed by atoms with E-state index in [9.17, 15) is 4.79 Å². The van der Waals surface area contributed by atoms with Gasteiger partial charge in [0.15, 0.2) is 10.9 Å². The minimum atomic E-state index is -0.151. The van der Waals surface area contributed by atoms with Gasteiger partial charge in [-0.25, -0.2) is 4.99 Å². The summed E-state index contributed by atoms with van der Waals surface area (Å²) in [6.45, 7) is 2.79. The molecule has 0 unspecified atom stereocenters. The van der Waals surface area contributed by atoms with Crippen LogP contribution in [0.4, 0.5) is 11.4 Å². The van der Waals surface area contributed by atoms with Crippen LogP contribution < -0.4 is 9.64 Å². The maximum absolute atomic E-state index is 13.5. The van der Waals surface area contributed by atoms with Gasteiger partial charge >= 0.3 is 0 Å². The van der Waals surface area contributed by atoms with Crippen molar-refractivity contribution in [1.82, 2.24) is 0 Å². The molecule has 0 radical (unpaired) electrons. The number of ether oxygens (including phenoxy) is 1. The van der Waals surface area contributed by atoms with Gasteiger partial charge in [0, 0.05) is 0 Å². The first-order valence-electron chi connectivity index (χ1n) is 12.6. The third kappa shape index (κ3) is 7.41. The highest BCUT2D eigenvalue weighted by atomic mass is 35.5. The smallest absolute Gasteiger partial charge is 0.271 e. The molecule has 0 aliphatic carbocycles. The molecule has 0 aromatic heterocycles. The summed E-state index contributed by atoms with van der Waals surface area (Å²) < 4.78 is 5.89. The Kier molecular flexibility index (Phi) is 10.1. The Morgan fingerprint density at radius 3 is 2.19 bits per heavy atom. The van der Waals surface area contributed by atoms with E-state index < -0.39 is 0 Å². The van der Waals surface area contributed by atoms with Crippen molar-refractivity contribution in [1.29, 1.82) is 0 Å². The van der Waals surface area contributed by atoms with Gasteiger partial charge in [-0.15, -0.1) is 0 Å². The third-order valence-electron chi connectivity index (χ3n) is 5.86. The van der Waals surface area contributed by atoms with Crippen LogP contribution in [-0.4, -0.2) is 17.7 Å². The first-order valence-corrected chi connectivity index (χ1v) is 14.2. The molecule has 4 rings (SSSR count). The number of nitrogens with zero attached hydrogens (tertiary/aromatic N) is 2. The predicted octanol–water partition coefficient (Wildman–Crippen LogP) is 9.54. The van der Waals surface area contributed by atoms with Gasteiger partial charge in [-0.05, 0) is 66.2 Å². The number of benzene rings is 3. The molecule has 7 heteroatoms. The number of unbranched alkanes of at least 4 members (excludes halogenated alkanes) is 5. The van der Waals surface area contributed by atoms with Crippen LogP contribution in [0.25, 0.3) is 6.08 Å². The van der Waals surface area contributed by atoms with E-state index in [4.69, 9.17) is 32.9 Å². The van der Waals surface area contributed by atoms with Crippen molar-refractivity contribution in [3.63, 3.8) is 0 Å². The monoisotopic (exact) mass is 552 g/mol. The Bertz CT molecular complexity index is 1240. The molecule has 1 aliphatic heterocycles. The molecule has 0 saturated carbocycles. The van der Waals surface area contributed by atoms with Gasteiger partial charge in [-0.2, -0.15) is 0 Å². The van der Waals surface area contributed by atoms with Crippen molar-refractivity contribution in [2.75, 3.05) is 11.5 Å². The fourth-order valence-corrected chi connectivity index (χ4v) is 5.59. The van der Waals surface area contributed by atoms with Crippen LogP contribution in [-0.2, 0) is 4.79 Å². The number of amides is 1. The second-order valence-electron chi connectivity index (χ2n) is 8.75. The van der Waals surface area contributed by atoms with E-state index in [0.29, 0.717) is 32.5 Å². The molecule has 1 amide bonds. The second-order valence-corrected chi connectivity index (χ2v) is 10.6. The van der Waals surface area contributed by atoms with Crippen molar-refractivity contribution in [2.24, 2.45) is 4.99 Å². The number of hydrogen-bond acceptors (Lipinski definition) is 4. The van der Waals surface area contributed by atoms with Crippen molar-refractivity contribution in [3.05, 3.63) is 93.3 Å². The number of thioether (sulfide) groups is 1. The number of hydrogen-bond donors (Lipinski definition) is 0.